The normalized spacial score (nSPS) is 10.7. The first-order valence-corrected chi connectivity index (χ1v) is 7.99. The summed E-state index contributed by atoms with van der Waals surface area (Å²) in [5.41, 5.74) is 1.12. The molecule has 0 aromatic heterocycles. The Morgan fingerprint density at radius 1 is 1.13 bits per heavy atom. The highest BCUT2D eigenvalue weighted by Gasteiger charge is 2.06. The van der Waals surface area contributed by atoms with Crippen LogP contribution in [-0.4, -0.2) is 33.3 Å². The molecule has 132 valence electrons. The molecule has 0 aliphatic rings. The molecule has 0 unspecified atom stereocenters. The lowest BCUT2D eigenvalue weighted by Gasteiger charge is -2.14. The molecule has 2 N–H and O–H groups in total. The molecule has 0 amide bonds. The second kappa shape index (κ2) is 13.3. The number of hydrogen-bond donors (Lipinski definition) is 2. The van der Waals surface area contributed by atoms with Gasteiger partial charge in [0.1, 0.15) is 0 Å². The number of nitrogens with one attached hydrogen (secondary N) is 2. The number of methoxy groups -OCH3 is 1. The quantitative estimate of drug-likeness (QED) is 0.270. The highest BCUT2D eigenvalue weighted by molar-refractivity contribution is 14.0. The first kappa shape index (κ1) is 21.8. The number of nitrogens with zero attached hydrogens (tertiary/aromatic N) is 1. The van der Waals surface area contributed by atoms with E-state index < -0.39 is 0 Å². The number of unbranched alkanes of at least 4 members (excludes halogenated alkanes) is 1. The second-order valence-electron chi connectivity index (χ2n) is 5.04. The zero-order valence-electron chi connectivity index (χ0n) is 14.6. The summed E-state index contributed by atoms with van der Waals surface area (Å²) in [6.07, 6.45) is 3.28. The highest BCUT2D eigenvalue weighted by atomic mass is 127. The Balaban J connectivity index is 0.00000484. The van der Waals surface area contributed by atoms with Crippen LogP contribution in [0, 0.1) is 0 Å². The molecule has 6 heteroatoms. The van der Waals surface area contributed by atoms with Crippen LogP contribution < -0.4 is 20.1 Å². The maximum Gasteiger partial charge on any atom is 0.191 e. The molecule has 0 atom stereocenters. The summed E-state index contributed by atoms with van der Waals surface area (Å²) >= 11 is 0. The number of aliphatic imine (C=N–C) groups is 1. The van der Waals surface area contributed by atoms with Gasteiger partial charge in [-0.05, 0) is 30.5 Å². The summed E-state index contributed by atoms with van der Waals surface area (Å²) in [6, 6.07) is 6.00. The second-order valence-corrected chi connectivity index (χ2v) is 5.04. The SMILES string of the molecule is CCCCNC(=NC)NCc1ccc(OCCC)c(OC)c1.I. The molecule has 0 radical (unpaired) electrons. The predicted octanol–water partition coefficient (Wildman–Crippen LogP) is 3.57. The predicted molar refractivity (Wildman–Crippen MR) is 107 cm³/mol. The smallest absolute Gasteiger partial charge is 0.191 e. The van der Waals surface area contributed by atoms with E-state index in [9.17, 15) is 0 Å². The van der Waals surface area contributed by atoms with Crippen LogP contribution in [0.3, 0.4) is 0 Å². The minimum absolute atomic E-state index is 0. The lowest BCUT2D eigenvalue weighted by molar-refractivity contribution is 0.294. The van der Waals surface area contributed by atoms with Gasteiger partial charge in [-0.25, -0.2) is 0 Å². The Kier molecular flexibility index (Phi) is 12.6. The van der Waals surface area contributed by atoms with E-state index in [2.05, 4.69) is 29.5 Å². The molecule has 1 rings (SSSR count). The van der Waals surface area contributed by atoms with Gasteiger partial charge in [0.15, 0.2) is 17.5 Å². The number of hydrogen-bond acceptors (Lipinski definition) is 3. The molecule has 1 aromatic carbocycles. The van der Waals surface area contributed by atoms with Gasteiger partial charge in [0, 0.05) is 20.1 Å². The molecule has 0 aliphatic heterocycles. The van der Waals surface area contributed by atoms with Crippen molar-refractivity contribution in [3.8, 4) is 11.5 Å². The summed E-state index contributed by atoms with van der Waals surface area (Å²) < 4.78 is 11.1. The molecule has 0 heterocycles. The molecular formula is C17H30IN3O2. The van der Waals surface area contributed by atoms with Crippen molar-refractivity contribution >= 4 is 29.9 Å². The van der Waals surface area contributed by atoms with Crippen LogP contribution in [-0.2, 0) is 6.54 Å². The standard InChI is InChI=1S/C17H29N3O2.HI/c1-5-7-10-19-17(18-3)20-13-14-8-9-15(22-11-6-2)16(12-14)21-4;/h8-9,12H,5-7,10-11,13H2,1-4H3,(H2,18,19,20);1H. The van der Waals surface area contributed by atoms with Crippen LogP contribution >= 0.6 is 24.0 Å². The first-order valence-electron chi connectivity index (χ1n) is 7.99. The fraction of sp³-hybridized carbons (Fsp3) is 0.588. The highest BCUT2D eigenvalue weighted by Crippen LogP contribution is 2.28. The molecule has 0 saturated heterocycles. The van der Waals surface area contributed by atoms with E-state index in [0.717, 1.165) is 42.4 Å². The van der Waals surface area contributed by atoms with E-state index in [1.807, 2.05) is 18.2 Å². The summed E-state index contributed by atoms with van der Waals surface area (Å²) in [7, 11) is 3.44. The summed E-state index contributed by atoms with van der Waals surface area (Å²) in [5.74, 6) is 2.37. The molecule has 0 aliphatic carbocycles. The van der Waals surface area contributed by atoms with Crippen molar-refractivity contribution in [3.63, 3.8) is 0 Å². The summed E-state index contributed by atoms with van der Waals surface area (Å²) in [4.78, 5) is 4.21. The van der Waals surface area contributed by atoms with Crippen LogP contribution in [0.15, 0.2) is 23.2 Å². The van der Waals surface area contributed by atoms with Gasteiger partial charge >= 0.3 is 0 Å². The molecule has 23 heavy (non-hydrogen) atoms. The van der Waals surface area contributed by atoms with Crippen molar-refractivity contribution in [2.24, 2.45) is 4.99 Å². The Bertz CT molecular complexity index is 467. The van der Waals surface area contributed by atoms with E-state index in [4.69, 9.17) is 9.47 Å². The Hall–Kier alpha value is -1.18. The van der Waals surface area contributed by atoms with Crippen LogP contribution in [0.4, 0.5) is 0 Å². The number of ether oxygens (including phenoxy) is 2. The van der Waals surface area contributed by atoms with E-state index in [1.165, 1.54) is 6.42 Å². The van der Waals surface area contributed by atoms with Crippen LogP contribution in [0.1, 0.15) is 38.7 Å². The van der Waals surface area contributed by atoms with Gasteiger partial charge < -0.3 is 20.1 Å². The summed E-state index contributed by atoms with van der Waals surface area (Å²) in [5, 5.41) is 6.59. The molecule has 0 bridgehead atoms. The lowest BCUT2D eigenvalue weighted by Crippen LogP contribution is -2.37. The van der Waals surface area contributed by atoms with Gasteiger partial charge in [0.2, 0.25) is 0 Å². The Morgan fingerprint density at radius 3 is 2.52 bits per heavy atom. The monoisotopic (exact) mass is 435 g/mol. The van der Waals surface area contributed by atoms with E-state index >= 15 is 0 Å². The van der Waals surface area contributed by atoms with Gasteiger partial charge in [0.25, 0.3) is 0 Å². The number of rotatable bonds is 9. The Morgan fingerprint density at radius 2 is 1.91 bits per heavy atom. The molecular weight excluding hydrogens is 405 g/mol. The minimum Gasteiger partial charge on any atom is -0.493 e. The van der Waals surface area contributed by atoms with Gasteiger partial charge in [-0.15, -0.1) is 24.0 Å². The van der Waals surface area contributed by atoms with E-state index in [0.29, 0.717) is 13.2 Å². The maximum absolute atomic E-state index is 5.66. The van der Waals surface area contributed by atoms with Crippen LogP contribution in [0.2, 0.25) is 0 Å². The van der Waals surface area contributed by atoms with E-state index in [1.54, 1.807) is 14.2 Å². The van der Waals surface area contributed by atoms with Crippen LogP contribution in [0.5, 0.6) is 11.5 Å². The van der Waals surface area contributed by atoms with Crippen molar-refractivity contribution in [1.82, 2.24) is 10.6 Å². The van der Waals surface area contributed by atoms with Crippen LogP contribution in [0.25, 0.3) is 0 Å². The molecule has 5 nitrogen and oxygen atoms in total. The lowest BCUT2D eigenvalue weighted by atomic mass is 10.2. The average molecular weight is 435 g/mol. The van der Waals surface area contributed by atoms with Crippen molar-refractivity contribution in [2.75, 3.05) is 27.3 Å². The van der Waals surface area contributed by atoms with Gasteiger partial charge in [-0.3, -0.25) is 4.99 Å². The molecule has 0 fully saturated rings. The molecule has 1 aromatic rings. The average Bonchev–Trinajstić information content (AvgIpc) is 2.56. The van der Waals surface area contributed by atoms with Crippen molar-refractivity contribution in [3.05, 3.63) is 23.8 Å². The fourth-order valence-corrected chi connectivity index (χ4v) is 1.94. The van der Waals surface area contributed by atoms with Gasteiger partial charge in [-0.1, -0.05) is 26.3 Å². The van der Waals surface area contributed by atoms with Crippen molar-refractivity contribution < 1.29 is 9.47 Å². The number of halogens is 1. The molecule has 0 saturated carbocycles. The van der Waals surface area contributed by atoms with Gasteiger partial charge in [-0.2, -0.15) is 0 Å². The van der Waals surface area contributed by atoms with E-state index in [-0.39, 0.29) is 24.0 Å². The topological polar surface area (TPSA) is 54.9 Å². The first-order chi connectivity index (χ1) is 10.7. The fourth-order valence-electron chi connectivity index (χ4n) is 1.94. The largest absolute Gasteiger partial charge is 0.493 e. The van der Waals surface area contributed by atoms with Gasteiger partial charge in [0.05, 0.1) is 13.7 Å². The third-order valence-corrected chi connectivity index (χ3v) is 3.20. The molecule has 0 spiro atoms. The maximum atomic E-state index is 5.66. The third-order valence-electron chi connectivity index (χ3n) is 3.20. The van der Waals surface area contributed by atoms with Crippen molar-refractivity contribution in [1.29, 1.82) is 0 Å². The third kappa shape index (κ3) is 8.29. The minimum atomic E-state index is 0. The number of benzene rings is 1. The zero-order valence-corrected chi connectivity index (χ0v) is 17.0. The zero-order chi connectivity index (χ0) is 16.2. The van der Waals surface area contributed by atoms with Crippen molar-refractivity contribution in [2.45, 2.75) is 39.7 Å². The summed E-state index contributed by atoms with van der Waals surface area (Å²) in [6.45, 7) is 6.58. The number of guanidine groups is 1. The Labute approximate surface area is 157 Å².